The van der Waals surface area contributed by atoms with Crippen LogP contribution in [-0.4, -0.2) is 12.6 Å². The minimum absolute atomic E-state index is 0.256. The topological polar surface area (TPSA) is 35.2 Å². The van der Waals surface area contributed by atoms with Gasteiger partial charge in [-0.3, -0.25) is 0 Å². The molecule has 0 aliphatic carbocycles. The number of hydrogen-bond donors (Lipinski definition) is 1. The van der Waals surface area contributed by atoms with Crippen LogP contribution in [0.2, 0.25) is 0 Å². The van der Waals surface area contributed by atoms with E-state index in [4.69, 9.17) is 10.5 Å². The SMILES string of the molecule is CC(N)CCCOc1ccc(Cc2ccccc2)cc1. The molecule has 0 aliphatic heterocycles. The zero-order valence-corrected chi connectivity index (χ0v) is 12.1. The highest BCUT2D eigenvalue weighted by Crippen LogP contribution is 2.15. The number of nitrogens with two attached hydrogens (primary N) is 1. The van der Waals surface area contributed by atoms with Gasteiger partial charge in [0.1, 0.15) is 5.75 Å². The maximum absolute atomic E-state index is 5.71. The lowest BCUT2D eigenvalue weighted by atomic mass is 10.1. The van der Waals surface area contributed by atoms with Crippen LogP contribution in [-0.2, 0) is 6.42 Å². The molecular weight excluding hydrogens is 246 g/mol. The third-order valence-corrected chi connectivity index (χ3v) is 3.25. The zero-order valence-electron chi connectivity index (χ0n) is 12.1. The van der Waals surface area contributed by atoms with Crippen molar-refractivity contribution in [3.05, 3.63) is 65.7 Å². The summed E-state index contributed by atoms with van der Waals surface area (Å²) in [5.74, 6) is 0.937. The van der Waals surface area contributed by atoms with Gasteiger partial charge in [-0.25, -0.2) is 0 Å². The molecule has 2 aromatic carbocycles. The lowest BCUT2D eigenvalue weighted by Crippen LogP contribution is -2.15. The van der Waals surface area contributed by atoms with Crippen molar-refractivity contribution in [1.29, 1.82) is 0 Å². The average Bonchev–Trinajstić information content (AvgIpc) is 2.46. The molecule has 0 heterocycles. The molecule has 0 fully saturated rings. The van der Waals surface area contributed by atoms with E-state index < -0.39 is 0 Å². The van der Waals surface area contributed by atoms with Gasteiger partial charge in [0.2, 0.25) is 0 Å². The Kier molecular flexibility index (Phi) is 5.63. The van der Waals surface area contributed by atoms with Crippen molar-refractivity contribution in [2.75, 3.05) is 6.61 Å². The van der Waals surface area contributed by atoms with Crippen LogP contribution in [0.4, 0.5) is 0 Å². The number of rotatable bonds is 7. The van der Waals surface area contributed by atoms with Crippen molar-refractivity contribution < 1.29 is 4.74 Å². The Balaban J connectivity index is 1.81. The summed E-state index contributed by atoms with van der Waals surface area (Å²) in [5, 5.41) is 0. The Morgan fingerprint density at radius 1 is 0.950 bits per heavy atom. The van der Waals surface area contributed by atoms with Crippen molar-refractivity contribution >= 4 is 0 Å². The molecule has 0 saturated carbocycles. The minimum Gasteiger partial charge on any atom is -0.494 e. The van der Waals surface area contributed by atoms with Crippen LogP contribution in [0.15, 0.2) is 54.6 Å². The summed E-state index contributed by atoms with van der Waals surface area (Å²) in [6.45, 7) is 2.76. The molecule has 2 N–H and O–H groups in total. The van der Waals surface area contributed by atoms with Gasteiger partial charge in [0.05, 0.1) is 6.61 Å². The van der Waals surface area contributed by atoms with E-state index in [-0.39, 0.29) is 6.04 Å². The monoisotopic (exact) mass is 269 g/mol. The molecule has 1 atom stereocenters. The second kappa shape index (κ2) is 7.71. The molecule has 2 rings (SSSR count). The summed E-state index contributed by atoms with van der Waals surface area (Å²) in [6.07, 6.45) is 2.97. The highest BCUT2D eigenvalue weighted by Gasteiger charge is 1.99. The van der Waals surface area contributed by atoms with Crippen LogP contribution >= 0.6 is 0 Å². The quantitative estimate of drug-likeness (QED) is 0.776. The summed E-state index contributed by atoms with van der Waals surface area (Å²) < 4.78 is 5.71. The lowest BCUT2D eigenvalue weighted by Gasteiger charge is -2.08. The zero-order chi connectivity index (χ0) is 14.2. The Bertz CT molecular complexity index is 491. The maximum Gasteiger partial charge on any atom is 0.119 e. The van der Waals surface area contributed by atoms with Gasteiger partial charge in [0, 0.05) is 6.04 Å². The Hall–Kier alpha value is -1.80. The van der Waals surface area contributed by atoms with Crippen LogP contribution in [0.25, 0.3) is 0 Å². The average molecular weight is 269 g/mol. The molecule has 0 radical (unpaired) electrons. The summed E-state index contributed by atoms with van der Waals surface area (Å²) in [7, 11) is 0. The van der Waals surface area contributed by atoms with Gasteiger partial charge in [-0.15, -0.1) is 0 Å². The van der Waals surface area contributed by atoms with Crippen LogP contribution in [0.1, 0.15) is 30.9 Å². The van der Waals surface area contributed by atoms with Crippen molar-refractivity contribution in [2.24, 2.45) is 5.73 Å². The van der Waals surface area contributed by atoms with Gasteiger partial charge >= 0.3 is 0 Å². The van der Waals surface area contributed by atoms with Gasteiger partial charge in [-0.2, -0.15) is 0 Å². The summed E-state index contributed by atoms with van der Waals surface area (Å²) in [5.41, 5.74) is 8.35. The lowest BCUT2D eigenvalue weighted by molar-refractivity contribution is 0.303. The van der Waals surface area contributed by atoms with Crippen LogP contribution in [0.5, 0.6) is 5.75 Å². The summed E-state index contributed by atoms with van der Waals surface area (Å²) in [6, 6.07) is 19.1. The first kappa shape index (κ1) is 14.6. The van der Waals surface area contributed by atoms with Gasteiger partial charge < -0.3 is 10.5 Å². The number of hydrogen-bond acceptors (Lipinski definition) is 2. The Labute approximate surface area is 121 Å². The first-order valence-corrected chi connectivity index (χ1v) is 7.25. The fraction of sp³-hybridized carbons (Fsp3) is 0.333. The van der Waals surface area contributed by atoms with Gasteiger partial charge in [-0.05, 0) is 49.4 Å². The molecular formula is C18H23NO. The maximum atomic E-state index is 5.71. The molecule has 2 nitrogen and oxygen atoms in total. The fourth-order valence-corrected chi connectivity index (χ4v) is 2.13. The van der Waals surface area contributed by atoms with Gasteiger partial charge in [0.15, 0.2) is 0 Å². The molecule has 0 aliphatic rings. The van der Waals surface area contributed by atoms with Gasteiger partial charge in [-0.1, -0.05) is 42.5 Å². The third-order valence-electron chi connectivity index (χ3n) is 3.25. The van der Waals surface area contributed by atoms with E-state index >= 15 is 0 Å². The molecule has 20 heavy (non-hydrogen) atoms. The predicted molar refractivity (Wildman–Crippen MR) is 84.1 cm³/mol. The first-order valence-electron chi connectivity index (χ1n) is 7.25. The molecule has 0 bridgehead atoms. The number of ether oxygens (including phenoxy) is 1. The van der Waals surface area contributed by atoms with Crippen molar-refractivity contribution in [1.82, 2.24) is 0 Å². The molecule has 0 amide bonds. The van der Waals surface area contributed by atoms with E-state index in [0.29, 0.717) is 0 Å². The largest absolute Gasteiger partial charge is 0.494 e. The van der Waals surface area contributed by atoms with Crippen LogP contribution in [0, 0.1) is 0 Å². The molecule has 2 aromatic rings. The second-order valence-corrected chi connectivity index (χ2v) is 5.27. The van der Waals surface area contributed by atoms with Crippen molar-refractivity contribution in [3.8, 4) is 5.75 Å². The summed E-state index contributed by atoms with van der Waals surface area (Å²) >= 11 is 0. The van der Waals surface area contributed by atoms with Crippen LogP contribution in [0.3, 0.4) is 0 Å². The van der Waals surface area contributed by atoms with E-state index in [9.17, 15) is 0 Å². The minimum atomic E-state index is 0.256. The standard InChI is InChI=1S/C18H23NO/c1-15(19)6-5-13-20-18-11-9-17(10-12-18)14-16-7-3-2-4-8-16/h2-4,7-12,15H,5-6,13-14,19H2,1H3. The second-order valence-electron chi connectivity index (χ2n) is 5.27. The van der Waals surface area contributed by atoms with Crippen molar-refractivity contribution in [3.63, 3.8) is 0 Å². The molecule has 106 valence electrons. The van der Waals surface area contributed by atoms with Gasteiger partial charge in [0.25, 0.3) is 0 Å². The van der Waals surface area contributed by atoms with E-state index in [0.717, 1.165) is 31.6 Å². The molecule has 0 spiro atoms. The van der Waals surface area contributed by atoms with E-state index in [1.165, 1.54) is 11.1 Å². The van der Waals surface area contributed by atoms with E-state index in [1.807, 2.05) is 25.1 Å². The fourth-order valence-electron chi connectivity index (χ4n) is 2.13. The van der Waals surface area contributed by atoms with E-state index in [1.54, 1.807) is 0 Å². The highest BCUT2D eigenvalue weighted by molar-refractivity contribution is 5.31. The smallest absolute Gasteiger partial charge is 0.119 e. The third kappa shape index (κ3) is 5.06. The van der Waals surface area contributed by atoms with E-state index in [2.05, 4.69) is 36.4 Å². The first-order chi connectivity index (χ1) is 9.74. The Morgan fingerprint density at radius 2 is 1.60 bits per heavy atom. The van der Waals surface area contributed by atoms with Crippen LogP contribution < -0.4 is 10.5 Å². The normalized spacial score (nSPS) is 12.1. The molecule has 0 saturated heterocycles. The number of benzene rings is 2. The van der Waals surface area contributed by atoms with Crippen molar-refractivity contribution in [2.45, 2.75) is 32.2 Å². The predicted octanol–water partition coefficient (Wildman–Crippen LogP) is 3.78. The Morgan fingerprint density at radius 3 is 2.25 bits per heavy atom. The highest BCUT2D eigenvalue weighted by atomic mass is 16.5. The summed E-state index contributed by atoms with van der Waals surface area (Å²) in [4.78, 5) is 0. The molecule has 1 unspecified atom stereocenters. The molecule has 0 aromatic heterocycles. The molecule has 2 heteroatoms.